The van der Waals surface area contributed by atoms with Gasteiger partial charge >= 0.3 is 0 Å². The van der Waals surface area contributed by atoms with E-state index in [2.05, 4.69) is 12.2 Å². The van der Waals surface area contributed by atoms with Crippen molar-refractivity contribution in [3.8, 4) is 0 Å². The van der Waals surface area contributed by atoms with E-state index in [1.165, 1.54) is 25.7 Å². The highest BCUT2D eigenvalue weighted by Gasteiger charge is 2.29. The summed E-state index contributed by atoms with van der Waals surface area (Å²) in [7, 11) is -2.76. The van der Waals surface area contributed by atoms with Gasteiger partial charge in [-0.2, -0.15) is 0 Å². The first kappa shape index (κ1) is 12.4. The zero-order valence-corrected chi connectivity index (χ0v) is 10.9. The van der Waals surface area contributed by atoms with Crippen molar-refractivity contribution in [1.29, 1.82) is 0 Å². The lowest BCUT2D eigenvalue weighted by molar-refractivity contribution is 0.257. The van der Waals surface area contributed by atoms with Crippen LogP contribution in [0.15, 0.2) is 0 Å². The molecule has 2 rings (SSSR count). The second kappa shape index (κ2) is 5.05. The molecular weight excluding hydrogens is 222 g/mol. The van der Waals surface area contributed by atoms with Crippen LogP contribution in [0.3, 0.4) is 0 Å². The summed E-state index contributed by atoms with van der Waals surface area (Å²) in [5, 5.41) is 3.58. The molecule has 2 fully saturated rings. The predicted octanol–water partition coefficient (Wildman–Crippen LogP) is 1.73. The van der Waals surface area contributed by atoms with Gasteiger partial charge in [0.25, 0.3) is 0 Å². The third-order valence-electron chi connectivity index (χ3n) is 4.02. The van der Waals surface area contributed by atoms with E-state index >= 15 is 0 Å². The molecule has 0 aromatic carbocycles. The topological polar surface area (TPSA) is 46.2 Å². The third kappa shape index (κ3) is 3.20. The average Bonchev–Trinajstić information content (AvgIpc) is 2.20. The van der Waals surface area contributed by atoms with Crippen LogP contribution in [0.1, 0.15) is 45.4 Å². The van der Waals surface area contributed by atoms with Crippen LogP contribution in [-0.4, -0.2) is 32.0 Å². The number of hydrogen-bond acceptors (Lipinski definition) is 3. The molecule has 0 aromatic rings. The molecule has 1 N–H and O–H groups in total. The van der Waals surface area contributed by atoms with Crippen LogP contribution in [0.4, 0.5) is 0 Å². The molecule has 0 aromatic heterocycles. The monoisotopic (exact) mass is 245 g/mol. The predicted molar refractivity (Wildman–Crippen MR) is 66.2 cm³/mol. The molecular formula is C12H23NO2S. The van der Waals surface area contributed by atoms with E-state index < -0.39 is 9.84 Å². The lowest BCUT2D eigenvalue weighted by atomic mass is 9.85. The van der Waals surface area contributed by atoms with Gasteiger partial charge in [0.1, 0.15) is 0 Å². The van der Waals surface area contributed by atoms with Crippen molar-refractivity contribution in [1.82, 2.24) is 5.32 Å². The summed E-state index contributed by atoms with van der Waals surface area (Å²) in [6, 6.07) is 0.761. The van der Waals surface area contributed by atoms with Gasteiger partial charge in [-0.05, 0) is 31.6 Å². The Morgan fingerprint density at radius 1 is 1.06 bits per heavy atom. The fraction of sp³-hybridized carbons (Fsp3) is 1.00. The van der Waals surface area contributed by atoms with Crippen LogP contribution in [0.5, 0.6) is 0 Å². The third-order valence-corrected chi connectivity index (χ3v) is 5.85. The van der Waals surface area contributed by atoms with Gasteiger partial charge in [0.15, 0.2) is 9.84 Å². The van der Waals surface area contributed by atoms with Crippen LogP contribution in [0, 0.1) is 5.92 Å². The second-order valence-electron chi connectivity index (χ2n) is 5.49. The van der Waals surface area contributed by atoms with Gasteiger partial charge in [-0.25, -0.2) is 8.42 Å². The maximum atomic E-state index is 11.5. The molecule has 1 saturated carbocycles. The van der Waals surface area contributed by atoms with E-state index in [0.717, 1.165) is 12.8 Å². The molecule has 0 radical (unpaired) electrons. The van der Waals surface area contributed by atoms with Gasteiger partial charge < -0.3 is 5.32 Å². The highest BCUT2D eigenvalue weighted by Crippen LogP contribution is 2.25. The maximum absolute atomic E-state index is 11.5. The van der Waals surface area contributed by atoms with Crippen molar-refractivity contribution < 1.29 is 8.42 Å². The van der Waals surface area contributed by atoms with Crippen LogP contribution < -0.4 is 5.32 Å². The van der Waals surface area contributed by atoms with Crippen LogP contribution in [-0.2, 0) is 9.84 Å². The Bertz CT molecular complexity index is 326. The molecule has 1 aliphatic heterocycles. The maximum Gasteiger partial charge on any atom is 0.151 e. The number of rotatable bonds is 2. The van der Waals surface area contributed by atoms with E-state index in [0.29, 0.717) is 23.5 Å². The molecule has 1 heterocycles. The SMILES string of the molecule is CC1CCCCC1NC1CCCS(=O)(=O)C1. The zero-order valence-electron chi connectivity index (χ0n) is 10.1. The van der Waals surface area contributed by atoms with Gasteiger partial charge in [-0.15, -0.1) is 0 Å². The van der Waals surface area contributed by atoms with Gasteiger partial charge in [-0.3, -0.25) is 0 Å². The van der Waals surface area contributed by atoms with Gasteiger partial charge in [0.05, 0.1) is 11.5 Å². The van der Waals surface area contributed by atoms with Gasteiger partial charge in [-0.1, -0.05) is 19.8 Å². The molecule has 4 heteroatoms. The molecule has 3 unspecified atom stereocenters. The smallest absolute Gasteiger partial charge is 0.151 e. The largest absolute Gasteiger partial charge is 0.310 e. The van der Waals surface area contributed by atoms with Crippen molar-refractivity contribution >= 4 is 9.84 Å². The molecule has 2 aliphatic rings. The minimum absolute atomic E-state index is 0.212. The van der Waals surface area contributed by atoms with Crippen molar-refractivity contribution in [2.45, 2.75) is 57.5 Å². The Morgan fingerprint density at radius 3 is 2.50 bits per heavy atom. The van der Waals surface area contributed by atoms with Crippen LogP contribution >= 0.6 is 0 Å². The van der Waals surface area contributed by atoms with Crippen molar-refractivity contribution in [3.05, 3.63) is 0 Å². The van der Waals surface area contributed by atoms with Crippen LogP contribution in [0.25, 0.3) is 0 Å². The lowest BCUT2D eigenvalue weighted by Gasteiger charge is -2.34. The summed E-state index contributed by atoms with van der Waals surface area (Å²) >= 11 is 0. The quantitative estimate of drug-likeness (QED) is 0.806. The summed E-state index contributed by atoms with van der Waals surface area (Å²) < 4.78 is 23.1. The summed E-state index contributed by atoms with van der Waals surface area (Å²) in [4.78, 5) is 0. The standard InChI is InChI=1S/C12H23NO2S/c1-10-5-2-3-7-12(10)13-11-6-4-8-16(14,15)9-11/h10-13H,2-9H2,1H3. The fourth-order valence-electron chi connectivity index (χ4n) is 3.02. The van der Waals surface area contributed by atoms with E-state index in [-0.39, 0.29) is 6.04 Å². The molecule has 1 saturated heterocycles. The number of nitrogens with one attached hydrogen (secondary N) is 1. The zero-order chi connectivity index (χ0) is 11.6. The van der Waals surface area contributed by atoms with E-state index in [9.17, 15) is 8.42 Å². The Balaban J connectivity index is 1.88. The molecule has 16 heavy (non-hydrogen) atoms. The van der Waals surface area contributed by atoms with Crippen molar-refractivity contribution in [2.75, 3.05) is 11.5 Å². The fourth-order valence-corrected chi connectivity index (χ4v) is 4.67. The van der Waals surface area contributed by atoms with E-state index in [1.807, 2.05) is 0 Å². The molecule has 0 amide bonds. The van der Waals surface area contributed by atoms with Gasteiger partial charge in [0.2, 0.25) is 0 Å². The Morgan fingerprint density at radius 2 is 1.81 bits per heavy atom. The summed E-state index contributed by atoms with van der Waals surface area (Å²) in [6.45, 7) is 2.29. The number of sulfone groups is 1. The first-order valence-electron chi connectivity index (χ1n) is 6.53. The summed E-state index contributed by atoms with van der Waals surface area (Å²) in [5.41, 5.74) is 0. The van der Waals surface area contributed by atoms with E-state index in [4.69, 9.17) is 0 Å². The summed E-state index contributed by atoms with van der Waals surface area (Å²) in [5.74, 6) is 1.46. The van der Waals surface area contributed by atoms with Crippen LogP contribution in [0.2, 0.25) is 0 Å². The van der Waals surface area contributed by atoms with Gasteiger partial charge in [0, 0.05) is 12.1 Å². The first-order chi connectivity index (χ1) is 7.57. The minimum atomic E-state index is -2.76. The molecule has 3 nitrogen and oxygen atoms in total. The first-order valence-corrected chi connectivity index (χ1v) is 8.35. The van der Waals surface area contributed by atoms with Crippen molar-refractivity contribution in [3.63, 3.8) is 0 Å². The molecule has 3 atom stereocenters. The molecule has 0 spiro atoms. The highest BCUT2D eigenvalue weighted by atomic mass is 32.2. The minimum Gasteiger partial charge on any atom is -0.310 e. The average molecular weight is 245 g/mol. The Labute approximate surface area is 98.9 Å². The van der Waals surface area contributed by atoms with Crippen molar-refractivity contribution in [2.24, 2.45) is 5.92 Å². The van der Waals surface area contributed by atoms with E-state index in [1.54, 1.807) is 0 Å². The second-order valence-corrected chi connectivity index (χ2v) is 7.72. The molecule has 94 valence electrons. The Hall–Kier alpha value is -0.0900. The lowest BCUT2D eigenvalue weighted by Crippen LogP contribution is -2.48. The normalized spacial score (nSPS) is 39.4. The highest BCUT2D eigenvalue weighted by molar-refractivity contribution is 7.91. The number of hydrogen-bond donors (Lipinski definition) is 1. The molecule has 1 aliphatic carbocycles. The summed E-state index contributed by atoms with van der Waals surface area (Å²) in [6.07, 6.45) is 7.00. The molecule has 0 bridgehead atoms. The Kier molecular flexibility index (Phi) is 3.90.